The molecule has 9 heteroatoms. The highest BCUT2D eigenvalue weighted by atomic mass is 19.4. The van der Waals surface area contributed by atoms with Gasteiger partial charge in [0.15, 0.2) is 0 Å². The molecule has 3 nitrogen and oxygen atoms in total. The normalized spacial score (nSPS) is 12.2. The van der Waals surface area contributed by atoms with Gasteiger partial charge in [-0.1, -0.05) is 115 Å². The summed E-state index contributed by atoms with van der Waals surface area (Å²) in [5.74, 6) is 0. The van der Waals surface area contributed by atoms with E-state index in [1.807, 2.05) is 163 Å². The standard InChI is InChI=1S/C53H33F6N3/c1-31-12-3-5-14-36(31)33-22-24-40-38-16-7-9-20-45(38)61(47(40)26-33)49-28-35(30-60)42(51-43(52(54,55)56)18-11-19-44(51)53(57,58)59)29-50(49)62-46-21-10-8-17-39(46)41-25-23-34(27-48(41)62)37-15-6-4-13-32(37)2/h3-29H,1-2H3. The highest BCUT2D eigenvalue weighted by Crippen LogP contribution is 2.48. The number of aryl methyl sites for hydroxylation is 2. The Balaban J connectivity index is 1.41. The number of nitriles is 1. The van der Waals surface area contributed by atoms with E-state index in [1.54, 1.807) is 0 Å². The van der Waals surface area contributed by atoms with Crippen molar-refractivity contribution in [1.29, 1.82) is 5.26 Å². The number of nitrogens with zero attached hydrogens (tertiary/aromatic N) is 3. The van der Waals surface area contributed by atoms with Crippen LogP contribution in [0.5, 0.6) is 0 Å². The van der Waals surface area contributed by atoms with Crippen molar-refractivity contribution in [3.63, 3.8) is 0 Å². The number of halogens is 6. The van der Waals surface area contributed by atoms with Gasteiger partial charge in [-0.15, -0.1) is 0 Å². The summed E-state index contributed by atoms with van der Waals surface area (Å²) in [5.41, 5.74) is 4.34. The molecule has 8 aromatic carbocycles. The van der Waals surface area contributed by atoms with Gasteiger partial charge in [0.1, 0.15) is 0 Å². The predicted octanol–water partition coefficient (Wildman–Crippen LogP) is 15.4. The van der Waals surface area contributed by atoms with E-state index in [1.165, 1.54) is 12.1 Å². The Hall–Kier alpha value is -7.57. The van der Waals surface area contributed by atoms with E-state index < -0.39 is 34.6 Å². The van der Waals surface area contributed by atoms with Crippen LogP contribution in [0.2, 0.25) is 0 Å². The average Bonchev–Trinajstić information content (AvgIpc) is 3.77. The monoisotopic (exact) mass is 825 g/mol. The molecule has 302 valence electrons. The van der Waals surface area contributed by atoms with E-state index >= 15 is 0 Å². The van der Waals surface area contributed by atoms with Crippen molar-refractivity contribution in [3.8, 4) is 50.8 Å². The summed E-state index contributed by atoms with van der Waals surface area (Å²) in [4.78, 5) is 0. The molecule has 0 unspecified atom stereocenters. The van der Waals surface area contributed by atoms with Crippen molar-refractivity contribution in [3.05, 3.63) is 192 Å². The average molecular weight is 826 g/mol. The van der Waals surface area contributed by atoms with Crippen LogP contribution >= 0.6 is 0 Å². The molecular weight excluding hydrogens is 793 g/mol. The quantitative estimate of drug-likeness (QED) is 0.159. The molecule has 10 aromatic rings. The molecule has 0 radical (unpaired) electrons. The van der Waals surface area contributed by atoms with E-state index in [9.17, 15) is 31.6 Å². The van der Waals surface area contributed by atoms with Gasteiger partial charge in [-0.05, 0) is 95.8 Å². The molecule has 10 rings (SSSR count). The van der Waals surface area contributed by atoms with Crippen LogP contribution in [0, 0.1) is 25.2 Å². The molecular formula is C53H33F6N3. The molecule has 0 atom stereocenters. The Labute approximate surface area is 351 Å². The number of para-hydroxylation sites is 2. The maximum atomic E-state index is 15.0. The lowest BCUT2D eigenvalue weighted by Gasteiger charge is -2.23. The highest BCUT2D eigenvalue weighted by Gasteiger charge is 2.42. The molecule has 0 aliphatic heterocycles. The van der Waals surface area contributed by atoms with E-state index in [0.717, 1.165) is 72.0 Å². The van der Waals surface area contributed by atoms with Crippen molar-refractivity contribution in [1.82, 2.24) is 9.13 Å². The first-order chi connectivity index (χ1) is 29.8. The Morgan fingerprint density at radius 2 is 0.839 bits per heavy atom. The predicted molar refractivity (Wildman–Crippen MR) is 236 cm³/mol. The largest absolute Gasteiger partial charge is 0.417 e. The molecule has 2 aromatic heterocycles. The van der Waals surface area contributed by atoms with Crippen molar-refractivity contribution in [2.75, 3.05) is 0 Å². The van der Waals surface area contributed by atoms with Crippen LogP contribution in [0.15, 0.2) is 164 Å². The molecule has 0 saturated heterocycles. The van der Waals surface area contributed by atoms with Crippen LogP contribution in [-0.2, 0) is 12.4 Å². The second-order valence-electron chi connectivity index (χ2n) is 15.5. The van der Waals surface area contributed by atoms with Crippen LogP contribution in [0.4, 0.5) is 26.3 Å². The fraction of sp³-hybridized carbons (Fsp3) is 0.0755. The maximum Gasteiger partial charge on any atom is 0.417 e. The van der Waals surface area contributed by atoms with Crippen molar-refractivity contribution >= 4 is 43.6 Å². The second kappa shape index (κ2) is 14.3. The lowest BCUT2D eigenvalue weighted by atomic mass is 9.89. The van der Waals surface area contributed by atoms with E-state index in [-0.39, 0.29) is 11.3 Å². The maximum absolute atomic E-state index is 15.0. The van der Waals surface area contributed by atoms with Crippen LogP contribution in [0.25, 0.3) is 88.4 Å². The fourth-order valence-corrected chi connectivity index (χ4v) is 9.14. The van der Waals surface area contributed by atoms with Crippen molar-refractivity contribution in [2.24, 2.45) is 0 Å². The van der Waals surface area contributed by atoms with Gasteiger partial charge in [0.05, 0.1) is 56.2 Å². The molecule has 0 aliphatic rings. The summed E-state index contributed by atoms with van der Waals surface area (Å²) in [6.07, 6.45) is -10.4. The lowest BCUT2D eigenvalue weighted by Crippen LogP contribution is -2.15. The Morgan fingerprint density at radius 3 is 1.29 bits per heavy atom. The van der Waals surface area contributed by atoms with Gasteiger partial charge >= 0.3 is 12.4 Å². The zero-order valence-corrected chi connectivity index (χ0v) is 33.2. The van der Waals surface area contributed by atoms with E-state index in [2.05, 4.69) is 0 Å². The number of hydrogen-bond acceptors (Lipinski definition) is 1. The molecule has 2 heterocycles. The molecule has 0 fully saturated rings. The summed E-state index contributed by atoms with van der Waals surface area (Å²) >= 11 is 0. The summed E-state index contributed by atoms with van der Waals surface area (Å²) in [6, 6.07) is 50.1. The summed E-state index contributed by atoms with van der Waals surface area (Å²) < 4.78 is 93.7. The first kappa shape index (κ1) is 38.6. The third kappa shape index (κ3) is 6.13. The number of rotatable bonds is 5. The van der Waals surface area contributed by atoms with Gasteiger partial charge < -0.3 is 9.13 Å². The smallest absolute Gasteiger partial charge is 0.307 e. The minimum Gasteiger partial charge on any atom is -0.307 e. The summed E-state index contributed by atoms with van der Waals surface area (Å²) in [5, 5.41) is 14.3. The Bertz CT molecular complexity index is 3450. The third-order valence-electron chi connectivity index (χ3n) is 11.9. The van der Waals surface area contributed by atoms with Crippen LogP contribution in [0.1, 0.15) is 27.8 Å². The molecule has 0 spiro atoms. The topological polar surface area (TPSA) is 33.6 Å². The summed E-state index contributed by atoms with van der Waals surface area (Å²) in [6.45, 7) is 4.02. The molecule has 0 saturated carbocycles. The van der Waals surface area contributed by atoms with Crippen LogP contribution in [0.3, 0.4) is 0 Å². The Kier molecular flexibility index (Phi) is 8.89. The summed E-state index contributed by atoms with van der Waals surface area (Å²) in [7, 11) is 0. The van der Waals surface area contributed by atoms with Gasteiger partial charge in [0.2, 0.25) is 0 Å². The number of benzene rings is 8. The van der Waals surface area contributed by atoms with Crippen molar-refractivity contribution < 1.29 is 26.3 Å². The number of alkyl halides is 6. The second-order valence-corrected chi connectivity index (χ2v) is 15.5. The lowest BCUT2D eigenvalue weighted by molar-refractivity contribution is -0.142. The molecule has 0 bridgehead atoms. The zero-order chi connectivity index (χ0) is 43.1. The molecule has 0 aliphatic carbocycles. The molecule has 0 N–H and O–H groups in total. The Morgan fingerprint density at radius 1 is 0.419 bits per heavy atom. The number of hydrogen-bond donors (Lipinski definition) is 0. The first-order valence-electron chi connectivity index (χ1n) is 19.9. The van der Waals surface area contributed by atoms with Gasteiger partial charge in [-0.3, -0.25) is 0 Å². The van der Waals surface area contributed by atoms with E-state index in [0.29, 0.717) is 28.9 Å². The first-order valence-corrected chi connectivity index (χ1v) is 19.9. The minimum absolute atomic E-state index is 0.279. The molecule has 62 heavy (non-hydrogen) atoms. The van der Waals surface area contributed by atoms with Crippen LogP contribution in [-0.4, -0.2) is 9.13 Å². The number of fused-ring (bicyclic) bond motifs is 6. The molecule has 0 amide bonds. The van der Waals surface area contributed by atoms with Crippen LogP contribution < -0.4 is 0 Å². The minimum atomic E-state index is -5.18. The zero-order valence-electron chi connectivity index (χ0n) is 33.2. The van der Waals surface area contributed by atoms with Gasteiger partial charge in [0, 0.05) is 32.7 Å². The van der Waals surface area contributed by atoms with E-state index in [4.69, 9.17) is 0 Å². The fourth-order valence-electron chi connectivity index (χ4n) is 9.14. The SMILES string of the molecule is Cc1ccccc1-c1ccc2c3ccccc3n(-c3cc(C#N)c(-c4c(C(F)(F)F)cccc4C(F)(F)F)cc3-n3c4ccccc4c4ccc(-c5ccccc5C)cc43)c2c1. The van der Waals surface area contributed by atoms with Crippen molar-refractivity contribution in [2.45, 2.75) is 26.2 Å². The van der Waals surface area contributed by atoms with Gasteiger partial charge in [0.25, 0.3) is 0 Å². The highest BCUT2D eigenvalue weighted by molar-refractivity contribution is 6.13. The number of aromatic nitrogens is 2. The third-order valence-corrected chi connectivity index (χ3v) is 11.9. The van der Waals surface area contributed by atoms with Gasteiger partial charge in [-0.2, -0.15) is 31.6 Å². The van der Waals surface area contributed by atoms with Gasteiger partial charge in [-0.25, -0.2) is 0 Å².